The first-order valence-electron chi connectivity index (χ1n) is 5.05. The highest BCUT2D eigenvalue weighted by atomic mass is 16.6. The smallest absolute Gasteiger partial charge is 0.312 e. The van der Waals surface area contributed by atoms with Gasteiger partial charge in [-0.2, -0.15) is 5.26 Å². The van der Waals surface area contributed by atoms with Gasteiger partial charge in [0.25, 0.3) is 0 Å². The Bertz CT molecular complexity index is 559. The van der Waals surface area contributed by atoms with Gasteiger partial charge in [-0.1, -0.05) is 0 Å². The van der Waals surface area contributed by atoms with E-state index in [1.807, 2.05) is 0 Å². The van der Waals surface area contributed by atoms with E-state index in [1.54, 1.807) is 6.07 Å². The van der Waals surface area contributed by atoms with Gasteiger partial charge < -0.3 is 10.0 Å². The van der Waals surface area contributed by atoms with Crippen LogP contribution >= 0.6 is 0 Å². The predicted octanol–water partition coefficient (Wildman–Crippen LogP) is 0.382. The fraction of sp³-hybridized carbons (Fsp3) is 0.300. The number of hydrogen-bond acceptors (Lipinski definition) is 6. The van der Waals surface area contributed by atoms with Crippen LogP contribution in [0.15, 0.2) is 12.3 Å². The third-order valence-electron chi connectivity index (χ3n) is 2.70. The number of carbonyl (C=O) groups is 1. The number of pyridine rings is 1. The minimum atomic E-state index is -0.928. The lowest BCUT2D eigenvalue weighted by Crippen LogP contribution is -2.51. The minimum Gasteiger partial charge on any atom is -0.481 e. The van der Waals surface area contributed by atoms with E-state index >= 15 is 0 Å². The van der Waals surface area contributed by atoms with Crippen LogP contribution in [0.5, 0.6) is 0 Å². The zero-order valence-corrected chi connectivity index (χ0v) is 9.11. The third-order valence-corrected chi connectivity index (χ3v) is 2.70. The molecule has 2 rings (SSSR count). The van der Waals surface area contributed by atoms with E-state index in [1.165, 1.54) is 11.1 Å². The van der Waals surface area contributed by atoms with Crippen LogP contribution < -0.4 is 4.90 Å². The molecule has 18 heavy (non-hydrogen) atoms. The lowest BCUT2D eigenvalue weighted by Gasteiger charge is -2.36. The first-order chi connectivity index (χ1) is 8.52. The lowest BCUT2D eigenvalue weighted by molar-refractivity contribution is -0.384. The van der Waals surface area contributed by atoms with Crippen molar-refractivity contribution in [3.8, 4) is 6.07 Å². The molecular weight excluding hydrogens is 240 g/mol. The molecule has 1 aliphatic rings. The fourth-order valence-corrected chi connectivity index (χ4v) is 1.69. The summed E-state index contributed by atoms with van der Waals surface area (Å²) in [6, 6.07) is 2.91. The van der Waals surface area contributed by atoms with Crippen LogP contribution in [0.1, 0.15) is 5.56 Å². The Morgan fingerprint density at radius 2 is 2.33 bits per heavy atom. The number of nitrogens with zero attached hydrogens (tertiary/aromatic N) is 4. The van der Waals surface area contributed by atoms with Gasteiger partial charge in [-0.05, 0) is 0 Å². The highest BCUT2D eigenvalue weighted by molar-refractivity contribution is 5.75. The van der Waals surface area contributed by atoms with Gasteiger partial charge >= 0.3 is 11.7 Å². The van der Waals surface area contributed by atoms with E-state index < -0.39 is 16.8 Å². The van der Waals surface area contributed by atoms with Crippen molar-refractivity contribution in [1.82, 2.24) is 4.98 Å². The second kappa shape index (κ2) is 4.29. The molecule has 92 valence electrons. The highest BCUT2D eigenvalue weighted by Gasteiger charge is 2.36. The van der Waals surface area contributed by atoms with Crippen LogP contribution in [0, 0.1) is 27.4 Å². The maximum absolute atomic E-state index is 10.9. The molecule has 1 aromatic heterocycles. The van der Waals surface area contributed by atoms with Crippen molar-refractivity contribution < 1.29 is 14.8 Å². The molecule has 0 spiro atoms. The Hall–Kier alpha value is -2.69. The molecule has 0 unspecified atom stereocenters. The van der Waals surface area contributed by atoms with Gasteiger partial charge in [-0.15, -0.1) is 0 Å². The molecule has 1 aliphatic heterocycles. The van der Waals surface area contributed by atoms with E-state index in [-0.39, 0.29) is 30.2 Å². The van der Waals surface area contributed by atoms with Crippen LogP contribution in [-0.2, 0) is 4.79 Å². The molecule has 1 saturated heterocycles. The molecule has 0 amide bonds. The van der Waals surface area contributed by atoms with Gasteiger partial charge in [0.15, 0.2) is 0 Å². The predicted molar refractivity (Wildman–Crippen MR) is 58.9 cm³/mol. The molecule has 0 aromatic carbocycles. The molecule has 1 N–H and O–H groups in total. The van der Waals surface area contributed by atoms with Crippen LogP contribution in [0.4, 0.5) is 11.5 Å². The Kier molecular flexibility index (Phi) is 2.81. The zero-order chi connectivity index (χ0) is 13.3. The number of hydrogen-bond donors (Lipinski definition) is 1. The summed E-state index contributed by atoms with van der Waals surface area (Å²) in [6.07, 6.45) is 1.23. The minimum absolute atomic E-state index is 0.0979. The largest absolute Gasteiger partial charge is 0.481 e. The second-order valence-corrected chi connectivity index (χ2v) is 3.88. The summed E-state index contributed by atoms with van der Waals surface area (Å²) < 4.78 is 0. The number of carboxylic acids is 1. The van der Waals surface area contributed by atoms with Crippen molar-refractivity contribution in [1.29, 1.82) is 5.26 Å². The molecule has 0 bridgehead atoms. The van der Waals surface area contributed by atoms with Crippen molar-refractivity contribution in [2.45, 2.75) is 0 Å². The quantitative estimate of drug-likeness (QED) is 0.606. The standard InChI is InChI=1S/C10H8N4O4/c11-2-6-1-8(14(17)18)9(12-3-6)13-4-7(5-13)10(15)16/h1,3,7H,4-5H2,(H,15,16). The first kappa shape index (κ1) is 11.8. The van der Waals surface area contributed by atoms with E-state index in [0.29, 0.717) is 0 Å². The van der Waals surface area contributed by atoms with Gasteiger partial charge in [0.1, 0.15) is 6.07 Å². The Morgan fingerprint density at radius 1 is 1.67 bits per heavy atom. The van der Waals surface area contributed by atoms with Crippen molar-refractivity contribution in [2.75, 3.05) is 18.0 Å². The normalized spacial score (nSPS) is 14.7. The van der Waals surface area contributed by atoms with E-state index in [2.05, 4.69) is 4.98 Å². The molecule has 8 nitrogen and oxygen atoms in total. The Balaban J connectivity index is 2.27. The monoisotopic (exact) mass is 248 g/mol. The molecule has 0 saturated carbocycles. The summed E-state index contributed by atoms with van der Waals surface area (Å²) in [7, 11) is 0. The van der Waals surface area contributed by atoms with Crippen molar-refractivity contribution >= 4 is 17.5 Å². The number of carboxylic acid groups (broad SMARTS) is 1. The maximum Gasteiger partial charge on any atom is 0.312 e. The van der Waals surface area contributed by atoms with E-state index in [0.717, 1.165) is 6.07 Å². The maximum atomic E-state index is 10.9. The Labute approximate surface area is 101 Å². The number of nitro groups is 1. The van der Waals surface area contributed by atoms with Crippen molar-refractivity contribution in [2.24, 2.45) is 5.92 Å². The van der Waals surface area contributed by atoms with Gasteiger partial charge in [-0.3, -0.25) is 14.9 Å². The third kappa shape index (κ3) is 1.93. The average Bonchev–Trinajstić information content (AvgIpc) is 2.26. The van der Waals surface area contributed by atoms with E-state index in [9.17, 15) is 14.9 Å². The Morgan fingerprint density at radius 3 is 2.83 bits per heavy atom. The zero-order valence-electron chi connectivity index (χ0n) is 9.11. The summed E-state index contributed by atoms with van der Waals surface area (Å²) in [5.41, 5.74) is -0.182. The molecule has 0 aliphatic carbocycles. The molecule has 0 radical (unpaired) electrons. The number of aliphatic carboxylic acids is 1. The number of anilines is 1. The molecule has 2 heterocycles. The molecule has 1 aromatic rings. The number of rotatable bonds is 3. The van der Waals surface area contributed by atoms with Crippen LogP contribution in [0.3, 0.4) is 0 Å². The summed E-state index contributed by atoms with van der Waals surface area (Å²) in [4.78, 5) is 26.3. The molecule has 1 fully saturated rings. The molecule has 8 heteroatoms. The SMILES string of the molecule is N#Cc1cnc(N2CC(C(=O)O)C2)c([N+](=O)[O-])c1. The topological polar surface area (TPSA) is 120 Å². The summed E-state index contributed by atoms with van der Waals surface area (Å²) in [6.45, 7) is 0.379. The number of nitriles is 1. The summed E-state index contributed by atoms with van der Waals surface area (Å²) in [5.74, 6) is -1.35. The van der Waals surface area contributed by atoms with Crippen molar-refractivity contribution in [3.05, 3.63) is 27.9 Å². The highest BCUT2D eigenvalue weighted by Crippen LogP contribution is 2.31. The molecular formula is C10H8N4O4. The average molecular weight is 248 g/mol. The summed E-state index contributed by atoms with van der Waals surface area (Å²) >= 11 is 0. The first-order valence-corrected chi connectivity index (χ1v) is 5.05. The van der Waals surface area contributed by atoms with Crippen LogP contribution in [0.2, 0.25) is 0 Å². The van der Waals surface area contributed by atoms with Crippen LogP contribution in [-0.4, -0.2) is 34.1 Å². The van der Waals surface area contributed by atoms with Gasteiger partial charge in [0.05, 0.1) is 16.4 Å². The van der Waals surface area contributed by atoms with Gasteiger partial charge in [-0.25, -0.2) is 4.98 Å². The van der Waals surface area contributed by atoms with Crippen molar-refractivity contribution in [3.63, 3.8) is 0 Å². The van der Waals surface area contributed by atoms with Gasteiger partial charge in [0.2, 0.25) is 5.82 Å². The summed E-state index contributed by atoms with van der Waals surface area (Å²) in [5, 5.41) is 28.3. The van der Waals surface area contributed by atoms with Crippen LogP contribution in [0.25, 0.3) is 0 Å². The second-order valence-electron chi connectivity index (χ2n) is 3.88. The van der Waals surface area contributed by atoms with Gasteiger partial charge in [0, 0.05) is 25.4 Å². The number of aromatic nitrogens is 1. The lowest BCUT2D eigenvalue weighted by atomic mass is 10.0. The molecule has 0 atom stereocenters. The fourth-order valence-electron chi connectivity index (χ4n) is 1.69. The van der Waals surface area contributed by atoms with E-state index in [4.69, 9.17) is 10.4 Å².